The van der Waals surface area contributed by atoms with E-state index in [9.17, 15) is 9.50 Å². The van der Waals surface area contributed by atoms with Crippen LogP contribution in [-0.2, 0) is 6.54 Å². The predicted molar refractivity (Wildman–Crippen MR) is 73.4 cm³/mol. The van der Waals surface area contributed by atoms with Gasteiger partial charge < -0.3 is 10.0 Å². The van der Waals surface area contributed by atoms with E-state index in [4.69, 9.17) is 0 Å². The zero-order valence-electron chi connectivity index (χ0n) is 11.0. The number of anilines is 1. The Bertz CT molecular complexity index is 543. The van der Waals surface area contributed by atoms with E-state index in [2.05, 4.69) is 4.98 Å². The summed E-state index contributed by atoms with van der Waals surface area (Å²) in [5.41, 5.74) is 2.11. The maximum absolute atomic E-state index is 13.8. The van der Waals surface area contributed by atoms with E-state index in [-0.39, 0.29) is 5.82 Å². The second-order valence-corrected chi connectivity index (χ2v) is 4.56. The molecule has 0 unspecified atom stereocenters. The fourth-order valence-corrected chi connectivity index (χ4v) is 2.12. The highest BCUT2D eigenvalue weighted by Crippen LogP contribution is 2.29. The van der Waals surface area contributed by atoms with Gasteiger partial charge in [-0.1, -0.05) is 6.07 Å². The molecule has 1 atom stereocenters. The second-order valence-electron chi connectivity index (χ2n) is 4.56. The van der Waals surface area contributed by atoms with Gasteiger partial charge in [-0.15, -0.1) is 0 Å². The van der Waals surface area contributed by atoms with Crippen molar-refractivity contribution in [3.05, 3.63) is 59.7 Å². The summed E-state index contributed by atoms with van der Waals surface area (Å²) in [5, 5.41) is 9.72. The average molecular weight is 260 g/mol. The summed E-state index contributed by atoms with van der Waals surface area (Å²) in [7, 11) is 1.88. The van der Waals surface area contributed by atoms with Crippen molar-refractivity contribution in [3.63, 3.8) is 0 Å². The Morgan fingerprint density at radius 1 is 1.26 bits per heavy atom. The third-order valence-corrected chi connectivity index (χ3v) is 3.03. The molecule has 0 saturated carbocycles. The summed E-state index contributed by atoms with van der Waals surface area (Å²) in [6.45, 7) is 2.20. The van der Waals surface area contributed by atoms with Gasteiger partial charge in [0, 0.05) is 37.2 Å². The van der Waals surface area contributed by atoms with Crippen molar-refractivity contribution in [2.24, 2.45) is 0 Å². The fraction of sp³-hybridized carbons (Fsp3) is 0.267. The van der Waals surface area contributed by atoms with Crippen molar-refractivity contribution >= 4 is 5.69 Å². The van der Waals surface area contributed by atoms with Crippen LogP contribution >= 0.6 is 0 Å². The number of aromatic nitrogens is 1. The van der Waals surface area contributed by atoms with Crippen LogP contribution in [0.4, 0.5) is 10.1 Å². The molecule has 1 aromatic heterocycles. The van der Waals surface area contributed by atoms with Crippen LogP contribution in [0.15, 0.2) is 42.7 Å². The van der Waals surface area contributed by atoms with Crippen molar-refractivity contribution in [2.75, 3.05) is 11.9 Å². The number of hydrogen-bond donors (Lipinski definition) is 1. The first-order valence-corrected chi connectivity index (χ1v) is 6.16. The Labute approximate surface area is 112 Å². The second kappa shape index (κ2) is 5.80. The molecule has 2 rings (SSSR count). The van der Waals surface area contributed by atoms with Gasteiger partial charge >= 0.3 is 0 Å². The van der Waals surface area contributed by atoms with Gasteiger partial charge in [-0.25, -0.2) is 4.39 Å². The van der Waals surface area contributed by atoms with Crippen molar-refractivity contribution < 1.29 is 9.50 Å². The molecule has 0 saturated heterocycles. The van der Waals surface area contributed by atoms with Gasteiger partial charge in [0.05, 0.1) is 6.10 Å². The summed E-state index contributed by atoms with van der Waals surface area (Å²) in [4.78, 5) is 5.88. The summed E-state index contributed by atoms with van der Waals surface area (Å²) in [6.07, 6.45) is 2.62. The molecule has 0 aliphatic rings. The standard InChI is InChI=1S/C15H17FN2O/c1-11(19)15-13(16)4-3-5-14(15)18(2)10-12-6-8-17-9-7-12/h3-9,11,19H,10H2,1-2H3/t11-/m0/s1. The smallest absolute Gasteiger partial charge is 0.131 e. The lowest BCUT2D eigenvalue weighted by Crippen LogP contribution is -2.19. The van der Waals surface area contributed by atoms with Gasteiger partial charge in [-0.05, 0) is 36.8 Å². The lowest BCUT2D eigenvalue weighted by atomic mass is 10.1. The van der Waals surface area contributed by atoms with Crippen LogP contribution in [-0.4, -0.2) is 17.1 Å². The van der Waals surface area contributed by atoms with Gasteiger partial charge in [0.2, 0.25) is 0 Å². The van der Waals surface area contributed by atoms with Crippen LogP contribution in [0.5, 0.6) is 0 Å². The highest BCUT2D eigenvalue weighted by Gasteiger charge is 2.16. The van der Waals surface area contributed by atoms with Crippen LogP contribution in [0.1, 0.15) is 24.2 Å². The minimum absolute atomic E-state index is 0.332. The molecule has 2 aromatic rings. The van der Waals surface area contributed by atoms with Crippen molar-refractivity contribution in [1.29, 1.82) is 0 Å². The lowest BCUT2D eigenvalue weighted by Gasteiger charge is -2.24. The van der Waals surface area contributed by atoms with E-state index in [1.165, 1.54) is 6.07 Å². The van der Waals surface area contributed by atoms with Gasteiger partial charge in [0.1, 0.15) is 5.82 Å². The van der Waals surface area contributed by atoms with Gasteiger partial charge in [0.15, 0.2) is 0 Å². The van der Waals surface area contributed by atoms with Crippen LogP contribution < -0.4 is 4.90 Å². The molecule has 4 heteroatoms. The summed E-state index contributed by atoms with van der Waals surface area (Å²) < 4.78 is 13.8. The number of aliphatic hydroxyl groups excluding tert-OH is 1. The summed E-state index contributed by atoms with van der Waals surface area (Å²) >= 11 is 0. The molecular formula is C15H17FN2O. The van der Waals surface area contributed by atoms with E-state index in [1.54, 1.807) is 25.4 Å². The molecular weight excluding hydrogens is 243 g/mol. The minimum atomic E-state index is -0.837. The number of nitrogens with zero attached hydrogens (tertiary/aromatic N) is 2. The van der Waals surface area contributed by atoms with E-state index in [0.29, 0.717) is 17.8 Å². The highest BCUT2D eigenvalue weighted by molar-refractivity contribution is 5.54. The largest absolute Gasteiger partial charge is 0.389 e. The Balaban J connectivity index is 2.29. The molecule has 0 spiro atoms. The van der Waals surface area contributed by atoms with Gasteiger partial charge in [0.25, 0.3) is 0 Å². The van der Waals surface area contributed by atoms with Gasteiger partial charge in [-0.2, -0.15) is 0 Å². The fourth-order valence-electron chi connectivity index (χ4n) is 2.12. The molecule has 19 heavy (non-hydrogen) atoms. The monoisotopic (exact) mass is 260 g/mol. The molecule has 0 bridgehead atoms. The van der Waals surface area contributed by atoms with Crippen LogP contribution in [0, 0.1) is 5.82 Å². The van der Waals surface area contributed by atoms with E-state index in [1.807, 2.05) is 30.1 Å². The van der Waals surface area contributed by atoms with Gasteiger partial charge in [-0.3, -0.25) is 4.98 Å². The number of aliphatic hydroxyl groups is 1. The molecule has 1 heterocycles. The molecule has 0 amide bonds. The molecule has 1 aromatic carbocycles. The van der Waals surface area contributed by atoms with Crippen molar-refractivity contribution in [3.8, 4) is 0 Å². The van der Waals surface area contributed by atoms with Crippen molar-refractivity contribution in [1.82, 2.24) is 4.98 Å². The molecule has 0 aliphatic carbocycles. The molecule has 0 fully saturated rings. The first-order valence-electron chi connectivity index (χ1n) is 6.16. The maximum atomic E-state index is 13.8. The van der Waals surface area contributed by atoms with E-state index < -0.39 is 6.10 Å². The van der Waals surface area contributed by atoms with Crippen LogP contribution in [0.3, 0.4) is 0 Å². The van der Waals surface area contributed by atoms with E-state index >= 15 is 0 Å². The number of halogens is 1. The highest BCUT2D eigenvalue weighted by atomic mass is 19.1. The van der Waals surface area contributed by atoms with E-state index in [0.717, 1.165) is 5.56 Å². The zero-order valence-corrected chi connectivity index (χ0v) is 11.0. The van der Waals surface area contributed by atoms with Crippen LogP contribution in [0.25, 0.3) is 0 Å². The number of benzene rings is 1. The van der Waals surface area contributed by atoms with Crippen LogP contribution in [0.2, 0.25) is 0 Å². The number of pyridine rings is 1. The summed E-state index contributed by atoms with van der Waals surface area (Å²) in [5.74, 6) is -0.380. The predicted octanol–water partition coefficient (Wildman–Crippen LogP) is 2.91. The summed E-state index contributed by atoms with van der Waals surface area (Å²) in [6, 6.07) is 8.66. The molecule has 0 aliphatic heterocycles. The Morgan fingerprint density at radius 2 is 1.95 bits per heavy atom. The average Bonchev–Trinajstić information content (AvgIpc) is 2.39. The Morgan fingerprint density at radius 3 is 2.58 bits per heavy atom. The maximum Gasteiger partial charge on any atom is 0.131 e. The Kier molecular flexibility index (Phi) is 4.12. The number of hydrogen-bond acceptors (Lipinski definition) is 3. The minimum Gasteiger partial charge on any atom is -0.389 e. The quantitative estimate of drug-likeness (QED) is 0.918. The molecule has 3 nitrogen and oxygen atoms in total. The lowest BCUT2D eigenvalue weighted by molar-refractivity contribution is 0.194. The first kappa shape index (κ1) is 13.5. The molecule has 0 radical (unpaired) electrons. The molecule has 1 N–H and O–H groups in total. The first-order chi connectivity index (χ1) is 9.09. The van der Waals surface area contributed by atoms with Crippen molar-refractivity contribution in [2.45, 2.75) is 19.6 Å². The third kappa shape index (κ3) is 3.09. The number of rotatable bonds is 4. The normalized spacial score (nSPS) is 12.2. The molecule has 100 valence electrons. The zero-order chi connectivity index (χ0) is 13.8. The Hall–Kier alpha value is -1.94. The SMILES string of the molecule is C[C@H](O)c1c(F)cccc1N(C)Cc1ccncc1. The third-order valence-electron chi connectivity index (χ3n) is 3.03. The topological polar surface area (TPSA) is 36.4 Å².